The van der Waals surface area contributed by atoms with E-state index in [4.69, 9.17) is 4.42 Å². The molecule has 3 aromatic rings. The highest BCUT2D eigenvalue weighted by Gasteiger charge is 2.12. The Morgan fingerprint density at radius 3 is 2.52 bits per heavy atom. The Labute approximate surface area is 130 Å². The molecule has 1 heterocycles. The van der Waals surface area contributed by atoms with E-state index in [0.29, 0.717) is 16.8 Å². The molecule has 0 aliphatic carbocycles. The van der Waals surface area contributed by atoms with E-state index in [1.807, 2.05) is 0 Å². The van der Waals surface area contributed by atoms with Crippen LogP contribution in [0.1, 0.15) is 17.3 Å². The number of carbonyl (C=O) groups is 2. The van der Waals surface area contributed by atoms with Gasteiger partial charge in [-0.1, -0.05) is 0 Å². The van der Waals surface area contributed by atoms with Gasteiger partial charge in [-0.05, 0) is 36.4 Å². The lowest BCUT2D eigenvalue weighted by molar-refractivity contribution is -0.114. The third kappa shape index (κ3) is 3.34. The molecule has 116 valence electrons. The van der Waals surface area contributed by atoms with E-state index in [2.05, 4.69) is 15.6 Å². The first-order chi connectivity index (χ1) is 11.0. The second-order valence-corrected chi connectivity index (χ2v) is 4.84. The lowest BCUT2D eigenvalue weighted by Gasteiger charge is -2.00. The molecule has 0 fully saturated rings. The van der Waals surface area contributed by atoms with Crippen LogP contribution in [0.3, 0.4) is 0 Å². The molecule has 0 radical (unpaired) electrons. The van der Waals surface area contributed by atoms with Crippen LogP contribution in [-0.2, 0) is 4.79 Å². The molecule has 0 saturated carbocycles. The average Bonchev–Trinajstić information content (AvgIpc) is 2.88. The average molecular weight is 313 g/mol. The topological polar surface area (TPSA) is 84.2 Å². The van der Waals surface area contributed by atoms with E-state index in [1.54, 1.807) is 18.2 Å². The monoisotopic (exact) mass is 313 g/mol. The quantitative estimate of drug-likeness (QED) is 0.778. The summed E-state index contributed by atoms with van der Waals surface area (Å²) in [6.45, 7) is 1.40. The van der Waals surface area contributed by atoms with Gasteiger partial charge in [0, 0.05) is 24.2 Å². The fraction of sp³-hybridized carbons (Fsp3) is 0.0625. The van der Waals surface area contributed by atoms with Crippen molar-refractivity contribution in [3.8, 4) is 0 Å². The van der Waals surface area contributed by atoms with Gasteiger partial charge in [0.15, 0.2) is 5.58 Å². The Morgan fingerprint density at radius 2 is 1.83 bits per heavy atom. The van der Waals surface area contributed by atoms with Crippen molar-refractivity contribution in [2.75, 3.05) is 10.6 Å². The molecular formula is C16H12FN3O3. The Bertz CT molecular complexity index is 887. The van der Waals surface area contributed by atoms with Gasteiger partial charge in [-0.15, -0.1) is 0 Å². The number of anilines is 2. The summed E-state index contributed by atoms with van der Waals surface area (Å²) in [6, 6.07) is 10.1. The summed E-state index contributed by atoms with van der Waals surface area (Å²) < 4.78 is 18.3. The van der Waals surface area contributed by atoms with Crippen LogP contribution in [0.5, 0.6) is 0 Å². The predicted octanol–water partition coefficient (Wildman–Crippen LogP) is 3.18. The number of oxazole rings is 1. The highest BCUT2D eigenvalue weighted by atomic mass is 19.1. The largest absolute Gasteiger partial charge is 0.423 e. The number of rotatable bonds is 3. The van der Waals surface area contributed by atoms with E-state index in [1.165, 1.54) is 31.2 Å². The van der Waals surface area contributed by atoms with Crippen molar-refractivity contribution in [3.63, 3.8) is 0 Å². The molecule has 0 aliphatic heterocycles. The first-order valence-corrected chi connectivity index (χ1v) is 6.76. The minimum atomic E-state index is -0.460. The molecule has 0 bridgehead atoms. The lowest BCUT2D eigenvalue weighted by Crippen LogP contribution is -2.11. The maximum Gasteiger partial charge on any atom is 0.302 e. The number of carbonyl (C=O) groups excluding carboxylic acids is 2. The third-order valence-electron chi connectivity index (χ3n) is 3.04. The molecule has 23 heavy (non-hydrogen) atoms. The molecule has 3 rings (SSSR count). The second-order valence-electron chi connectivity index (χ2n) is 4.84. The van der Waals surface area contributed by atoms with Gasteiger partial charge < -0.3 is 9.73 Å². The zero-order chi connectivity index (χ0) is 16.4. The normalized spacial score (nSPS) is 10.5. The van der Waals surface area contributed by atoms with Gasteiger partial charge in [0.05, 0.1) is 0 Å². The van der Waals surface area contributed by atoms with Gasteiger partial charge in [0.1, 0.15) is 11.3 Å². The summed E-state index contributed by atoms with van der Waals surface area (Å²) in [7, 11) is 0. The summed E-state index contributed by atoms with van der Waals surface area (Å²) in [6.07, 6.45) is 0. The molecule has 0 spiro atoms. The first kappa shape index (κ1) is 14.7. The van der Waals surface area contributed by atoms with Crippen LogP contribution in [0.2, 0.25) is 0 Å². The van der Waals surface area contributed by atoms with Crippen LogP contribution in [-0.4, -0.2) is 16.8 Å². The van der Waals surface area contributed by atoms with Crippen molar-refractivity contribution in [2.45, 2.75) is 6.92 Å². The van der Waals surface area contributed by atoms with Crippen molar-refractivity contribution in [1.82, 2.24) is 4.98 Å². The summed E-state index contributed by atoms with van der Waals surface area (Å²) in [5.74, 6) is -1.08. The van der Waals surface area contributed by atoms with Gasteiger partial charge in [-0.3, -0.25) is 14.9 Å². The molecule has 2 aromatic carbocycles. The Kier molecular flexibility index (Phi) is 3.76. The fourth-order valence-electron chi connectivity index (χ4n) is 2.03. The molecule has 6 nitrogen and oxygen atoms in total. The maximum atomic E-state index is 12.9. The molecule has 1 aromatic heterocycles. The first-order valence-electron chi connectivity index (χ1n) is 6.76. The van der Waals surface area contributed by atoms with Crippen molar-refractivity contribution in [2.24, 2.45) is 0 Å². The van der Waals surface area contributed by atoms with Gasteiger partial charge in [0.2, 0.25) is 5.91 Å². The van der Waals surface area contributed by atoms with E-state index in [-0.39, 0.29) is 17.5 Å². The van der Waals surface area contributed by atoms with E-state index in [9.17, 15) is 14.0 Å². The van der Waals surface area contributed by atoms with Gasteiger partial charge in [-0.2, -0.15) is 4.98 Å². The summed E-state index contributed by atoms with van der Waals surface area (Å²) in [5, 5.41) is 5.13. The number of hydrogen-bond donors (Lipinski definition) is 2. The van der Waals surface area contributed by atoms with Crippen molar-refractivity contribution < 1.29 is 18.4 Å². The molecule has 2 amide bonds. The molecular weight excluding hydrogens is 301 g/mol. The molecule has 0 unspecified atom stereocenters. The smallest absolute Gasteiger partial charge is 0.302 e. The van der Waals surface area contributed by atoms with E-state index in [0.717, 1.165) is 0 Å². The van der Waals surface area contributed by atoms with Crippen molar-refractivity contribution in [1.29, 1.82) is 0 Å². The van der Waals surface area contributed by atoms with Crippen molar-refractivity contribution >= 4 is 34.6 Å². The summed E-state index contributed by atoms with van der Waals surface area (Å²) in [4.78, 5) is 27.2. The molecule has 0 atom stereocenters. The lowest BCUT2D eigenvalue weighted by atomic mass is 10.2. The van der Waals surface area contributed by atoms with Crippen LogP contribution >= 0.6 is 0 Å². The standard InChI is InChI=1S/C16H12FN3O3/c1-9(21)18-12-6-7-13-14(8-12)23-16(19-13)20-15(22)10-2-4-11(17)5-3-10/h2-8H,1H3,(H,18,21)(H,19,20,22). The van der Waals surface area contributed by atoms with Crippen LogP contribution < -0.4 is 10.6 Å². The van der Waals surface area contributed by atoms with Gasteiger partial charge in [-0.25, -0.2) is 4.39 Å². The van der Waals surface area contributed by atoms with Crippen LogP contribution in [0.4, 0.5) is 16.1 Å². The number of fused-ring (bicyclic) bond motifs is 1. The highest BCUT2D eigenvalue weighted by Crippen LogP contribution is 2.23. The number of nitrogens with one attached hydrogen (secondary N) is 2. The number of nitrogens with zero attached hydrogens (tertiary/aromatic N) is 1. The van der Waals surface area contributed by atoms with Gasteiger partial charge >= 0.3 is 6.01 Å². The summed E-state index contributed by atoms with van der Waals surface area (Å²) >= 11 is 0. The number of hydrogen-bond acceptors (Lipinski definition) is 4. The highest BCUT2D eigenvalue weighted by molar-refractivity contribution is 6.03. The number of amides is 2. The van der Waals surface area contributed by atoms with Gasteiger partial charge in [0.25, 0.3) is 5.91 Å². The predicted molar refractivity (Wildman–Crippen MR) is 82.7 cm³/mol. The van der Waals surface area contributed by atoms with Crippen LogP contribution in [0.25, 0.3) is 11.1 Å². The van der Waals surface area contributed by atoms with Crippen LogP contribution in [0, 0.1) is 5.82 Å². The summed E-state index contributed by atoms with van der Waals surface area (Å²) in [5.41, 5.74) is 1.81. The van der Waals surface area contributed by atoms with E-state index < -0.39 is 11.7 Å². The number of benzene rings is 2. The molecule has 7 heteroatoms. The zero-order valence-electron chi connectivity index (χ0n) is 12.1. The fourth-order valence-corrected chi connectivity index (χ4v) is 2.03. The molecule has 2 N–H and O–H groups in total. The third-order valence-corrected chi connectivity index (χ3v) is 3.04. The molecule has 0 aliphatic rings. The van der Waals surface area contributed by atoms with Crippen LogP contribution in [0.15, 0.2) is 46.9 Å². The minimum absolute atomic E-state index is 0.0225. The minimum Gasteiger partial charge on any atom is -0.423 e. The van der Waals surface area contributed by atoms with E-state index >= 15 is 0 Å². The molecule has 0 saturated heterocycles. The Balaban J connectivity index is 1.81. The zero-order valence-corrected chi connectivity index (χ0v) is 12.1. The SMILES string of the molecule is CC(=O)Nc1ccc2nc(NC(=O)c3ccc(F)cc3)oc2c1. The second kappa shape index (κ2) is 5.88. The maximum absolute atomic E-state index is 12.9. The Hall–Kier alpha value is -3.22. The Morgan fingerprint density at radius 1 is 1.09 bits per heavy atom. The van der Waals surface area contributed by atoms with Crippen molar-refractivity contribution in [3.05, 3.63) is 53.8 Å². The number of halogens is 1. The number of aromatic nitrogens is 1.